The van der Waals surface area contributed by atoms with Crippen LogP contribution in [0.25, 0.3) is 0 Å². The molecule has 0 radical (unpaired) electrons. The molecule has 0 bridgehead atoms. The summed E-state index contributed by atoms with van der Waals surface area (Å²) in [5.41, 5.74) is 0. The molecule has 0 fully saturated rings. The zero-order valence-corrected chi connectivity index (χ0v) is 8.44. The van der Waals surface area contributed by atoms with Crippen LogP contribution in [0.15, 0.2) is 12.7 Å². The van der Waals surface area contributed by atoms with E-state index in [0.29, 0.717) is 13.0 Å². The Kier molecular flexibility index (Phi) is 6.42. The van der Waals surface area contributed by atoms with Crippen LogP contribution in [0.4, 0.5) is 0 Å². The van der Waals surface area contributed by atoms with Crippen LogP contribution in [0, 0.1) is 17.2 Å². The summed E-state index contributed by atoms with van der Waals surface area (Å²) in [7, 11) is 0. The number of nitriles is 1. The lowest BCUT2D eigenvalue weighted by atomic mass is 10.1. The van der Waals surface area contributed by atoms with Crippen LogP contribution >= 0.6 is 0 Å². The number of rotatable bonds is 6. The summed E-state index contributed by atoms with van der Waals surface area (Å²) in [6, 6.07) is 1.94. The molecular weight excluding hydrogens is 180 g/mol. The van der Waals surface area contributed by atoms with Crippen molar-refractivity contribution in [3.63, 3.8) is 0 Å². The van der Waals surface area contributed by atoms with E-state index in [1.165, 1.54) is 4.90 Å². The quantitative estimate of drug-likeness (QED) is 0.631. The van der Waals surface area contributed by atoms with Crippen LogP contribution in [0.2, 0.25) is 0 Å². The SMILES string of the molecule is C=CCN(CCO)C(=O)C(C#N)CC. The molecule has 0 aromatic heterocycles. The molecule has 0 aliphatic rings. The van der Waals surface area contributed by atoms with Gasteiger partial charge in [-0.15, -0.1) is 6.58 Å². The topological polar surface area (TPSA) is 64.3 Å². The van der Waals surface area contributed by atoms with Gasteiger partial charge >= 0.3 is 0 Å². The third-order valence-corrected chi connectivity index (χ3v) is 1.89. The maximum absolute atomic E-state index is 11.6. The molecule has 1 unspecified atom stereocenters. The average Bonchev–Trinajstić information content (AvgIpc) is 2.19. The number of carbonyl (C=O) groups excluding carboxylic acids is 1. The minimum Gasteiger partial charge on any atom is -0.395 e. The van der Waals surface area contributed by atoms with Crippen molar-refractivity contribution in [2.24, 2.45) is 5.92 Å². The van der Waals surface area contributed by atoms with Gasteiger partial charge in [0.25, 0.3) is 0 Å². The number of hydrogen-bond acceptors (Lipinski definition) is 3. The van der Waals surface area contributed by atoms with Crippen LogP contribution in [0.3, 0.4) is 0 Å². The maximum atomic E-state index is 11.6. The lowest BCUT2D eigenvalue weighted by molar-refractivity contribution is -0.133. The van der Waals surface area contributed by atoms with Crippen LogP contribution < -0.4 is 0 Å². The Morgan fingerprint density at radius 3 is 2.79 bits per heavy atom. The normalized spacial score (nSPS) is 11.5. The fraction of sp³-hybridized carbons (Fsp3) is 0.600. The van der Waals surface area contributed by atoms with E-state index in [-0.39, 0.29) is 19.1 Å². The maximum Gasteiger partial charge on any atom is 0.240 e. The summed E-state index contributed by atoms with van der Waals surface area (Å²) in [5, 5.41) is 17.4. The molecule has 1 amide bonds. The number of hydrogen-bond donors (Lipinski definition) is 1. The molecule has 1 N–H and O–H groups in total. The van der Waals surface area contributed by atoms with Gasteiger partial charge in [0, 0.05) is 13.1 Å². The molecule has 0 aromatic rings. The minimum atomic E-state index is -0.610. The summed E-state index contributed by atoms with van der Waals surface area (Å²) in [6.07, 6.45) is 2.08. The number of aliphatic hydroxyl groups excluding tert-OH is 1. The molecule has 0 spiro atoms. The van der Waals surface area contributed by atoms with Crippen LogP contribution in [-0.4, -0.2) is 35.6 Å². The van der Waals surface area contributed by atoms with Crippen molar-refractivity contribution in [1.29, 1.82) is 5.26 Å². The lowest BCUT2D eigenvalue weighted by Crippen LogP contribution is -2.37. The Bertz CT molecular complexity index is 233. The fourth-order valence-corrected chi connectivity index (χ4v) is 1.11. The fourth-order valence-electron chi connectivity index (χ4n) is 1.11. The third kappa shape index (κ3) is 3.58. The van der Waals surface area contributed by atoms with E-state index in [2.05, 4.69) is 6.58 Å². The van der Waals surface area contributed by atoms with Crippen molar-refractivity contribution in [3.8, 4) is 6.07 Å². The molecule has 0 aliphatic carbocycles. The first-order chi connectivity index (χ1) is 6.71. The van der Waals surface area contributed by atoms with E-state index >= 15 is 0 Å². The van der Waals surface area contributed by atoms with Crippen molar-refractivity contribution < 1.29 is 9.90 Å². The van der Waals surface area contributed by atoms with Gasteiger partial charge in [0.2, 0.25) is 5.91 Å². The third-order valence-electron chi connectivity index (χ3n) is 1.89. The van der Waals surface area contributed by atoms with Gasteiger partial charge in [-0.05, 0) is 6.42 Å². The number of aliphatic hydroxyl groups is 1. The first-order valence-corrected chi connectivity index (χ1v) is 4.61. The zero-order chi connectivity index (χ0) is 11.0. The van der Waals surface area contributed by atoms with Gasteiger partial charge in [-0.25, -0.2) is 0 Å². The molecule has 0 rings (SSSR count). The summed E-state index contributed by atoms with van der Waals surface area (Å²) >= 11 is 0. The summed E-state index contributed by atoms with van der Waals surface area (Å²) < 4.78 is 0. The molecule has 78 valence electrons. The smallest absolute Gasteiger partial charge is 0.240 e. The van der Waals surface area contributed by atoms with Crippen molar-refractivity contribution in [3.05, 3.63) is 12.7 Å². The summed E-state index contributed by atoms with van der Waals surface area (Å²) in [5.74, 6) is -0.842. The second kappa shape index (κ2) is 7.10. The number of carbonyl (C=O) groups is 1. The van der Waals surface area contributed by atoms with E-state index < -0.39 is 5.92 Å². The molecule has 4 nitrogen and oxygen atoms in total. The van der Waals surface area contributed by atoms with E-state index in [0.717, 1.165) is 0 Å². The first kappa shape index (κ1) is 12.7. The molecule has 0 saturated heterocycles. The van der Waals surface area contributed by atoms with Crippen molar-refractivity contribution in [1.82, 2.24) is 4.90 Å². The Balaban J connectivity index is 4.41. The van der Waals surface area contributed by atoms with E-state index in [1.54, 1.807) is 13.0 Å². The standard InChI is InChI=1S/C10H16N2O2/c1-3-5-12(6-7-13)10(14)9(4-2)8-11/h3,9,13H,1,4-7H2,2H3. The molecule has 0 aliphatic heterocycles. The Labute approximate surface area is 84.4 Å². The molecular formula is C10H16N2O2. The molecule has 1 atom stereocenters. The van der Waals surface area contributed by atoms with E-state index in [4.69, 9.17) is 10.4 Å². The highest BCUT2D eigenvalue weighted by atomic mass is 16.3. The molecule has 14 heavy (non-hydrogen) atoms. The van der Waals surface area contributed by atoms with Gasteiger partial charge in [-0.3, -0.25) is 4.79 Å². The predicted molar refractivity (Wildman–Crippen MR) is 53.3 cm³/mol. The van der Waals surface area contributed by atoms with Crippen molar-refractivity contribution >= 4 is 5.91 Å². The Morgan fingerprint density at radius 1 is 1.79 bits per heavy atom. The summed E-state index contributed by atoms with van der Waals surface area (Å²) in [4.78, 5) is 13.1. The second-order valence-electron chi connectivity index (χ2n) is 2.89. The largest absolute Gasteiger partial charge is 0.395 e. The van der Waals surface area contributed by atoms with Gasteiger partial charge in [0.05, 0.1) is 12.7 Å². The van der Waals surface area contributed by atoms with Gasteiger partial charge in [-0.1, -0.05) is 13.0 Å². The minimum absolute atomic E-state index is 0.0958. The first-order valence-electron chi connectivity index (χ1n) is 4.61. The average molecular weight is 196 g/mol. The van der Waals surface area contributed by atoms with Gasteiger partial charge in [0.15, 0.2) is 0 Å². The highest BCUT2D eigenvalue weighted by Crippen LogP contribution is 2.06. The second-order valence-corrected chi connectivity index (χ2v) is 2.89. The van der Waals surface area contributed by atoms with Gasteiger partial charge < -0.3 is 10.0 Å². The Hall–Kier alpha value is -1.34. The van der Waals surface area contributed by atoms with Crippen LogP contribution in [0.1, 0.15) is 13.3 Å². The van der Waals surface area contributed by atoms with Crippen molar-refractivity contribution in [2.75, 3.05) is 19.7 Å². The highest BCUT2D eigenvalue weighted by molar-refractivity contribution is 5.81. The molecule has 0 aromatic carbocycles. The van der Waals surface area contributed by atoms with Crippen LogP contribution in [-0.2, 0) is 4.79 Å². The van der Waals surface area contributed by atoms with E-state index in [9.17, 15) is 4.79 Å². The zero-order valence-electron chi connectivity index (χ0n) is 8.44. The highest BCUT2D eigenvalue weighted by Gasteiger charge is 2.20. The number of nitrogens with zero attached hydrogens (tertiary/aromatic N) is 2. The Morgan fingerprint density at radius 2 is 2.43 bits per heavy atom. The van der Waals surface area contributed by atoms with E-state index in [1.807, 2.05) is 6.07 Å². The van der Waals surface area contributed by atoms with Crippen molar-refractivity contribution in [2.45, 2.75) is 13.3 Å². The van der Waals surface area contributed by atoms with Gasteiger partial charge in [-0.2, -0.15) is 5.26 Å². The summed E-state index contributed by atoms with van der Waals surface area (Å²) in [6.45, 7) is 5.84. The number of amides is 1. The molecule has 4 heteroatoms. The lowest BCUT2D eigenvalue weighted by Gasteiger charge is -2.21. The van der Waals surface area contributed by atoms with Crippen LogP contribution in [0.5, 0.6) is 0 Å². The monoisotopic (exact) mass is 196 g/mol. The van der Waals surface area contributed by atoms with Gasteiger partial charge in [0.1, 0.15) is 5.92 Å². The predicted octanol–water partition coefficient (Wildman–Crippen LogP) is 0.543. The molecule has 0 saturated carbocycles. The molecule has 0 heterocycles.